The predicted octanol–water partition coefficient (Wildman–Crippen LogP) is 5.78. The highest BCUT2D eigenvalue weighted by molar-refractivity contribution is 5.16. The van der Waals surface area contributed by atoms with Crippen LogP contribution in [0.15, 0.2) is 72.8 Å². The standard InChI is InChI=1S/C25H30O2/c1-25-15-8-13-22(23(25)19-26-17-20-9-4-2-5-10-20)24(14-16-25)27-18-21-11-6-3-7-12-21/h2-12,15,22-24H,13-14,16-19H2,1H3/t22-,23?,24-,25-/m1/s1. The van der Waals surface area contributed by atoms with Gasteiger partial charge in [-0.2, -0.15) is 0 Å². The molecular formula is C25H30O2. The molecular weight excluding hydrogens is 332 g/mol. The number of hydrogen-bond acceptors (Lipinski definition) is 2. The minimum atomic E-state index is 0.242. The lowest BCUT2D eigenvalue weighted by atomic mass is 9.58. The Labute approximate surface area is 163 Å². The Morgan fingerprint density at radius 1 is 0.926 bits per heavy atom. The van der Waals surface area contributed by atoms with E-state index >= 15 is 0 Å². The first-order chi connectivity index (χ1) is 13.2. The van der Waals surface area contributed by atoms with E-state index in [0.29, 0.717) is 31.2 Å². The van der Waals surface area contributed by atoms with Crippen molar-refractivity contribution in [1.29, 1.82) is 0 Å². The molecule has 2 aliphatic carbocycles. The quantitative estimate of drug-likeness (QED) is 0.581. The van der Waals surface area contributed by atoms with E-state index in [4.69, 9.17) is 9.47 Å². The van der Waals surface area contributed by atoms with Crippen molar-refractivity contribution in [3.05, 3.63) is 83.9 Å². The number of fused-ring (bicyclic) bond motifs is 2. The minimum absolute atomic E-state index is 0.242. The monoisotopic (exact) mass is 362 g/mol. The van der Waals surface area contributed by atoms with E-state index in [-0.39, 0.29) is 5.41 Å². The summed E-state index contributed by atoms with van der Waals surface area (Å²) in [5.74, 6) is 1.08. The lowest BCUT2D eigenvalue weighted by molar-refractivity contribution is -0.101. The molecule has 0 radical (unpaired) electrons. The molecule has 1 fully saturated rings. The molecule has 0 amide bonds. The summed E-state index contributed by atoms with van der Waals surface area (Å²) in [5, 5.41) is 0. The third kappa shape index (κ3) is 4.34. The van der Waals surface area contributed by atoms with Crippen LogP contribution in [0, 0.1) is 17.3 Å². The highest BCUT2D eigenvalue weighted by Crippen LogP contribution is 2.50. The van der Waals surface area contributed by atoms with E-state index in [1.807, 2.05) is 0 Å². The molecule has 4 atom stereocenters. The molecule has 0 N–H and O–H groups in total. The lowest BCUT2D eigenvalue weighted by Crippen LogP contribution is -2.48. The molecule has 0 saturated heterocycles. The van der Waals surface area contributed by atoms with Crippen molar-refractivity contribution in [2.45, 2.75) is 45.5 Å². The van der Waals surface area contributed by atoms with Gasteiger partial charge in [0.1, 0.15) is 0 Å². The van der Waals surface area contributed by atoms with Crippen LogP contribution in [0.25, 0.3) is 0 Å². The molecule has 4 rings (SSSR count). The van der Waals surface area contributed by atoms with Gasteiger partial charge in [-0.05, 0) is 47.6 Å². The fourth-order valence-corrected chi connectivity index (χ4v) is 4.79. The summed E-state index contributed by atoms with van der Waals surface area (Å²) in [5.41, 5.74) is 2.75. The van der Waals surface area contributed by atoms with E-state index in [1.54, 1.807) is 0 Å². The summed E-state index contributed by atoms with van der Waals surface area (Å²) < 4.78 is 12.6. The summed E-state index contributed by atoms with van der Waals surface area (Å²) in [6, 6.07) is 21.0. The van der Waals surface area contributed by atoms with E-state index in [1.165, 1.54) is 17.5 Å². The van der Waals surface area contributed by atoms with Gasteiger partial charge in [0.05, 0.1) is 25.9 Å². The maximum atomic E-state index is 6.41. The van der Waals surface area contributed by atoms with Crippen molar-refractivity contribution >= 4 is 0 Å². The average molecular weight is 363 g/mol. The van der Waals surface area contributed by atoms with Gasteiger partial charge >= 0.3 is 0 Å². The second-order valence-electron chi connectivity index (χ2n) is 8.29. The van der Waals surface area contributed by atoms with E-state index in [9.17, 15) is 0 Å². The van der Waals surface area contributed by atoms with Crippen LogP contribution in [0.4, 0.5) is 0 Å². The molecule has 2 bridgehead atoms. The van der Waals surface area contributed by atoms with Crippen molar-refractivity contribution in [1.82, 2.24) is 0 Å². The number of allylic oxidation sites excluding steroid dienone is 2. The Bertz CT molecular complexity index is 739. The van der Waals surface area contributed by atoms with Gasteiger partial charge < -0.3 is 9.47 Å². The van der Waals surface area contributed by atoms with Gasteiger partial charge in [0.2, 0.25) is 0 Å². The van der Waals surface area contributed by atoms with E-state index in [2.05, 4.69) is 79.7 Å². The summed E-state index contributed by atoms with van der Waals surface area (Å²) in [4.78, 5) is 0. The van der Waals surface area contributed by atoms with Gasteiger partial charge in [-0.25, -0.2) is 0 Å². The predicted molar refractivity (Wildman–Crippen MR) is 109 cm³/mol. The Morgan fingerprint density at radius 3 is 2.30 bits per heavy atom. The first-order valence-corrected chi connectivity index (χ1v) is 10.2. The van der Waals surface area contributed by atoms with E-state index < -0.39 is 0 Å². The second-order valence-corrected chi connectivity index (χ2v) is 8.29. The van der Waals surface area contributed by atoms with Gasteiger partial charge in [-0.1, -0.05) is 79.7 Å². The fourth-order valence-electron chi connectivity index (χ4n) is 4.79. The van der Waals surface area contributed by atoms with Crippen LogP contribution < -0.4 is 0 Å². The molecule has 2 heteroatoms. The molecule has 142 valence electrons. The first kappa shape index (κ1) is 18.5. The summed E-state index contributed by atoms with van der Waals surface area (Å²) in [6.45, 7) is 4.62. The number of ether oxygens (including phenoxy) is 2. The Balaban J connectivity index is 1.39. The van der Waals surface area contributed by atoms with Crippen molar-refractivity contribution < 1.29 is 9.47 Å². The Morgan fingerprint density at radius 2 is 1.59 bits per heavy atom. The highest BCUT2D eigenvalue weighted by Gasteiger charge is 2.47. The highest BCUT2D eigenvalue weighted by atomic mass is 16.5. The van der Waals surface area contributed by atoms with Crippen molar-refractivity contribution in [3.63, 3.8) is 0 Å². The van der Waals surface area contributed by atoms with Gasteiger partial charge in [0.15, 0.2) is 0 Å². The first-order valence-electron chi connectivity index (χ1n) is 10.2. The van der Waals surface area contributed by atoms with Crippen LogP contribution in [-0.2, 0) is 22.7 Å². The van der Waals surface area contributed by atoms with Crippen LogP contribution in [0.3, 0.4) is 0 Å². The molecule has 0 aliphatic heterocycles. The SMILES string of the molecule is C[C@]12C=CC[C@H](C1COCc1ccccc1)[C@H](OCc1ccccc1)CC2. The summed E-state index contributed by atoms with van der Waals surface area (Å²) in [6.07, 6.45) is 8.57. The number of rotatable bonds is 7. The Hall–Kier alpha value is -1.90. The fraction of sp³-hybridized carbons (Fsp3) is 0.440. The van der Waals surface area contributed by atoms with Gasteiger partial charge in [0.25, 0.3) is 0 Å². The van der Waals surface area contributed by atoms with Crippen molar-refractivity contribution in [2.24, 2.45) is 17.3 Å². The largest absolute Gasteiger partial charge is 0.376 e. The van der Waals surface area contributed by atoms with Crippen LogP contribution in [0.5, 0.6) is 0 Å². The molecule has 0 heterocycles. The third-order valence-corrected chi connectivity index (χ3v) is 6.43. The molecule has 1 saturated carbocycles. The maximum absolute atomic E-state index is 6.41. The molecule has 1 unspecified atom stereocenters. The van der Waals surface area contributed by atoms with Gasteiger partial charge in [0, 0.05) is 0 Å². The number of benzene rings is 2. The smallest absolute Gasteiger partial charge is 0.0720 e. The molecule has 0 aromatic heterocycles. The second kappa shape index (κ2) is 8.41. The molecule has 2 nitrogen and oxygen atoms in total. The summed E-state index contributed by atoms with van der Waals surface area (Å²) in [7, 11) is 0. The number of hydrogen-bond donors (Lipinski definition) is 0. The lowest BCUT2D eigenvalue weighted by Gasteiger charge is -2.50. The van der Waals surface area contributed by atoms with Gasteiger partial charge in [-0.15, -0.1) is 0 Å². The van der Waals surface area contributed by atoms with Crippen LogP contribution >= 0.6 is 0 Å². The van der Waals surface area contributed by atoms with Crippen LogP contribution in [-0.4, -0.2) is 12.7 Å². The topological polar surface area (TPSA) is 18.5 Å². The molecule has 0 spiro atoms. The van der Waals surface area contributed by atoms with Crippen molar-refractivity contribution in [2.75, 3.05) is 6.61 Å². The van der Waals surface area contributed by atoms with Crippen LogP contribution in [0.2, 0.25) is 0 Å². The zero-order valence-electron chi connectivity index (χ0n) is 16.2. The summed E-state index contributed by atoms with van der Waals surface area (Å²) >= 11 is 0. The average Bonchev–Trinajstić information content (AvgIpc) is 2.70. The molecule has 2 aliphatic rings. The molecule has 27 heavy (non-hydrogen) atoms. The molecule has 2 aromatic rings. The van der Waals surface area contributed by atoms with E-state index in [0.717, 1.165) is 19.4 Å². The molecule has 2 aromatic carbocycles. The third-order valence-electron chi connectivity index (χ3n) is 6.43. The minimum Gasteiger partial charge on any atom is -0.376 e. The zero-order valence-corrected chi connectivity index (χ0v) is 16.2. The van der Waals surface area contributed by atoms with Crippen molar-refractivity contribution in [3.8, 4) is 0 Å². The maximum Gasteiger partial charge on any atom is 0.0720 e. The normalized spacial score (nSPS) is 29.6. The zero-order chi connectivity index (χ0) is 18.5. The van der Waals surface area contributed by atoms with Crippen LogP contribution in [0.1, 0.15) is 37.3 Å². The Kier molecular flexibility index (Phi) is 5.75. The van der Waals surface area contributed by atoms with Gasteiger partial charge in [-0.3, -0.25) is 0 Å².